The molecule has 6 nitrogen and oxygen atoms in total. The standard InChI is InChI=1S/C29H32ClN3O3/c30-23-15-17-25(18-16-23)36-22-29(34)31-19-8-2-5-14-28-32-26-12-6-7-13-27(26)33(28)20-9-21-35-24-10-3-1-4-11-24/h1,3-4,6-7,10-13,15-18H,2,5,8-9,14,19-22H2,(H,31,34). The molecule has 0 bridgehead atoms. The van der Waals surface area contributed by atoms with Crippen molar-refractivity contribution in [1.29, 1.82) is 0 Å². The van der Waals surface area contributed by atoms with Crippen LogP contribution in [-0.2, 0) is 17.8 Å². The van der Waals surface area contributed by atoms with Crippen LogP contribution in [0.4, 0.5) is 0 Å². The fourth-order valence-corrected chi connectivity index (χ4v) is 4.16. The molecule has 4 aromatic rings. The first kappa shape index (κ1) is 25.6. The Balaban J connectivity index is 1.17. The van der Waals surface area contributed by atoms with Crippen molar-refractivity contribution in [3.05, 3.63) is 89.7 Å². The third kappa shape index (κ3) is 7.75. The number of imidazole rings is 1. The summed E-state index contributed by atoms with van der Waals surface area (Å²) in [6.07, 6.45) is 4.76. The van der Waals surface area contributed by atoms with Crippen molar-refractivity contribution in [2.75, 3.05) is 19.8 Å². The van der Waals surface area contributed by atoms with Gasteiger partial charge in [0.2, 0.25) is 0 Å². The van der Waals surface area contributed by atoms with Gasteiger partial charge in [-0.15, -0.1) is 0 Å². The minimum absolute atomic E-state index is 0.000354. The molecule has 0 radical (unpaired) electrons. The zero-order chi connectivity index (χ0) is 25.0. The number of rotatable bonds is 14. The monoisotopic (exact) mass is 505 g/mol. The lowest BCUT2D eigenvalue weighted by molar-refractivity contribution is -0.123. The Morgan fingerprint density at radius 2 is 1.58 bits per heavy atom. The molecule has 188 valence electrons. The lowest BCUT2D eigenvalue weighted by atomic mass is 10.2. The van der Waals surface area contributed by atoms with E-state index in [1.54, 1.807) is 24.3 Å². The van der Waals surface area contributed by atoms with Gasteiger partial charge in [-0.1, -0.05) is 48.4 Å². The molecule has 1 heterocycles. The number of unbranched alkanes of at least 4 members (excludes halogenated alkanes) is 2. The Hall–Kier alpha value is -3.51. The molecule has 1 amide bonds. The van der Waals surface area contributed by atoms with Crippen LogP contribution in [0.2, 0.25) is 5.02 Å². The Morgan fingerprint density at radius 1 is 0.833 bits per heavy atom. The highest BCUT2D eigenvalue weighted by Crippen LogP contribution is 2.19. The van der Waals surface area contributed by atoms with Crippen LogP contribution in [0.25, 0.3) is 11.0 Å². The molecule has 0 atom stereocenters. The van der Waals surface area contributed by atoms with Gasteiger partial charge < -0.3 is 19.4 Å². The SMILES string of the molecule is O=C(COc1ccc(Cl)cc1)NCCCCCc1nc2ccccc2n1CCCOc1ccccc1. The molecule has 3 aromatic carbocycles. The quantitative estimate of drug-likeness (QED) is 0.211. The van der Waals surface area contributed by atoms with E-state index in [4.69, 9.17) is 26.1 Å². The van der Waals surface area contributed by atoms with Gasteiger partial charge in [-0.05, 0) is 67.8 Å². The van der Waals surface area contributed by atoms with E-state index in [-0.39, 0.29) is 12.5 Å². The molecule has 0 saturated carbocycles. The molecule has 0 aliphatic carbocycles. The summed E-state index contributed by atoms with van der Waals surface area (Å²) in [5.74, 6) is 2.52. The molecule has 0 unspecified atom stereocenters. The molecule has 1 N–H and O–H groups in total. The Labute approximate surface area is 217 Å². The summed E-state index contributed by atoms with van der Waals surface area (Å²) in [4.78, 5) is 16.9. The highest BCUT2D eigenvalue weighted by Gasteiger charge is 2.10. The fourth-order valence-electron chi connectivity index (χ4n) is 4.04. The number of nitrogens with one attached hydrogen (secondary N) is 1. The molecule has 0 saturated heterocycles. The van der Waals surface area contributed by atoms with Crippen LogP contribution in [0.15, 0.2) is 78.9 Å². The van der Waals surface area contributed by atoms with Crippen molar-refractivity contribution in [2.45, 2.75) is 38.6 Å². The number of ether oxygens (including phenoxy) is 2. The lowest BCUT2D eigenvalue weighted by Crippen LogP contribution is -2.29. The molecule has 1 aromatic heterocycles. The highest BCUT2D eigenvalue weighted by atomic mass is 35.5. The van der Waals surface area contributed by atoms with Crippen LogP contribution in [0, 0.1) is 0 Å². The second-order valence-electron chi connectivity index (χ2n) is 8.59. The molecule has 4 rings (SSSR count). The highest BCUT2D eigenvalue weighted by molar-refractivity contribution is 6.30. The minimum Gasteiger partial charge on any atom is -0.494 e. The number of benzene rings is 3. The summed E-state index contributed by atoms with van der Waals surface area (Å²) in [5.41, 5.74) is 2.20. The third-order valence-electron chi connectivity index (χ3n) is 5.85. The van der Waals surface area contributed by atoms with Gasteiger partial charge in [-0.25, -0.2) is 4.98 Å². The molecule has 0 fully saturated rings. The summed E-state index contributed by atoms with van der Waals surface area (Å²) in [6.45, 7) is 2.17. The summed E-state index contributed by atoms with van der Waals surface area (Å²) in [6, 6.07) is 25.2. The van der Waals surface area contributed by atoms with E-state index in [1.807, 2.05) is 36.4 Å². The van der Waals surface area contributed by atoms with Gasteiger partial charge in [-0.3, -0.25) is 4.79 Å². The van der Waals surface area contributed by atoms with E-state index in [9.17, 15) is 4.79 Å². The average molecular weight is 506 g/mol. The Bertz CT molecular complexity index is 1230. The summed E-state index contributed by atoms with van der Waals surface area (Å²) in [7, 11) is 0. The third-order valence-corrected chi connectivity index (χ3v) is 6.11. The number of halogens is 1. The van der Waals surface area contributed by atoms with Crippen LogP contribution >= 0.6 is 11.6 Å². The number of hydrogen-bond acceptors (Lipinski definition) is 4. The van der Waals surface area contributed by atoms with E-state index in [1.165, 1.54) is 5.52 Å². The van der Waals surface area contributed by atoms with Gasteiger partial charge in [0.1, 0.15) is 17.3 Å². The molecular weight excluding hydrogens is 474 g/mol. The number of carbonyl (C=O) groups is 1. The van der Waals surface area contributed by atoms with Crippen LogP contribution in [0.1, 0.15) is 31.5 Å². The largest absolute Gasteiger partial charge is 0.494 e. The number of fused-ring (bicyclic) bond motifs is 1. The average Bonchev–Trinajstić information content (AvgIpc) is 3.26. The smallest absolute Gasteiger partial charge is 0.257 e. The zero-order valence-electron chi connectivity index (χ0n) is 20.4. The predicted octanol–water partition coefficient (Wildman–Crippen LogP) is 6.07. The van der Waals surface area contributed by atoms with Crippen molar-refractivity contribution in [3.8, 4) is 11.5 Å². The van der Waals surface area contributed by atoms with Gasteiger partial charge in [0.05, 0.1) is 17.6 Å². The van der Waals surface area contributed by atoms with Crippen molar-refractivity contribution in [1.82, 2.24) is 14.9 Å². The first-order valence-electron chi connectivity index (χ1n) is 12.5. The maximum atomic E-state index is 12.0. The summed E-state index contributed by atoms with van der Waals surface area (Å²) >= 11 is 5.86. The van der Waals surface area contributed by atoms with Crippen molar-refractivity contribution < 1.29 is 14.3 Å². The number of para-hydroxylation sites is 3. The van der Waals surface area contributed by atoms with Gasteiger partial charge in [0.15, 0.2) is 6.61 Å². The first-order valence-corrected chi connectivity index (χ1v) is 12.8. The van der Waals surface area contributed by atoms with E-state index in [0.29, 0.717) is 23.9 Å². The van der Waals surface area contributed by atoms with Gasteiger partial charge in [-0.2, -0.15) is 0 Å². The fraction of sp³-hybridized carbons (Fsp3) is 0.310. The maximum Gasteiger partial charge on any atom is 0.257 e. The second kappa shape index (κ2) is 13.5. The number of aryl methyl sites for hydroxylation is 2. The Kier molecular flexibility index (Phi) is 9.62. The van der Waals surface area contributed by atoms with Crippen LogP contribution < -0.4 is 14.8 Å². The maximum absolute atomic E-state index is 12.0. The Morgan fingerprint density at radius 3 is 2.42 bits per heavy atom. The second-order valence-corrected chi connectivity index (χ2v) is 9.02. The molecule has 7 heteroatoms. The predicted molar refractivity (Wildman–Crippen MR) is 144 cm³/mol. The van der Waals surface area contributed by atoms with Crippen LogP contribution in [0.5, 0.6) is 11.5 Å². The molecule has 36 heavy (non-hydrogen) atoms. The molecular formula is C29H32ClN3O3. The van der Waals surface area contributed by atoms with Gasteiger partial charge in [0, 0.05) is 24.5 Å². The number of aromatic nitrogens is 2. The first-order chi connectivity index (χ1) is 17.7. The summed E-state index contributed by atoms with van der Waals surface area (Å²) in [5, 5.41) is 3.56. The van der Waals surface area contributed by atoms with Crippen LogP contribution in [0.3, 0.4) is 0 Å². The van der Waals surface area contributed by atoms with Crippen molar-refractivity contribution >= 4 is 28.5 Å². The van der Waals surface area contributed by atoms with Gasteiger partial charge in [0.25, 0.3) is 5.91 Å². The number of amides is 1. The van der Waals surface area contributed by atoms with E-state index in [2.05, 4.69) is 28.1 Å². The van der Waals surface area contributed by atoms with Gasteiger partial charge >= 0.3 is 0 Å². The normalized spacial score (nSPS) is 10.9. The zero-order valence-corrected chi connectivity index (χ0v) is 21.1. The topological polar surface area (TPSA) is 65.4 Å². The number of hydrogen-bond donors (Lipinski definition) is 1. The van der Waals surface area contributed by atoms with E-state index in [0.717, 1.165) is 55.7 Å². The lowest BCUT2D eigenvalue weighted by Gasteiger charge is -2.11. The summed E-state index contributed by atoms with van der Waals surface area (Å²) < 4.78 is 13.7. The minimum atomic E-state index is -0.121. The molecule has 0 aliphatic heterocycles. The number of carbonyl (C=O) groups excluding carboxylic acids is 1. The molecule has 0 spiro atoms. The molecule has 0 aliphatic rings. The van der Waals surface area contributed by atoms with E-state index < -0.39 is 0 Å². The van der Waals surface area contributed by atoms with Crippen molar-refractivity contribution in [3.63, 3.8) is 0 Å². The van der Waals surface area contributed by atoms with Crippen LogP contribution in [-0.4, -0.2) is 35.2 Å². The number of nitrogens with zero attached hydrogens (tertiary/aromatic N) is 2. The van der Waals surface area contributed by atoms with E-state index >= 15 is 0 Å². The van der Waals surface area contributed by atoms with Crippen molar-refractivity contribution in [2.24, 2.45) is 0 Å².